The number of hydrogen-bond acceptors (Lipinski definition) is 3. The van der Waals surface area contributed by atoms with E-state index >= 15 is 0 Å². The van der Waals surface area contributed by atoms with Gasteiger partial charge in [0.05, 0.1) is 6.61 Å². The van der Waals surface area contributed by atoms with Crippen LogP contribution in [0.2, 0.25) is 0 Å². The number of benzene rings is 1. The predicted octanol–water partition coefficient (Wildman–Crippen LogP) is 3.66. The monoisotopic (exact) mass is 250 g/mol. The second kappa shape index (κ2) is 9.40. The highest BCUT2D eigenvalue weighted by molar-refractivity contribution is 5.96. The van der Waals surface area contributed by atoms with Gasteiger partial charge in [0.15, 0.2) is 5.78 Å². The Bertz CT molecular complexity index is 355. The fourth-order valence-electron chi connectivity index (χ4n) is 1.56. The zero-order chi connectivity index (χ0) is 12.5. The molecule has 3 heteroatoms. The summed E-state index contributed by atoms with van der Waals surface area (Å²) < 4.78 is 5.30. The molecule has 0 spiro atoms. The summed E-state index contributed by atoms with van der Waals surface area (Å²) in [6, 6.07) is 7.18. The highest BCUT2D eigenvalue weighted by Crippen LogP contribution is 2.14. The lowest BCUT2D eigenvalue weighted by Gasteiger charge is -2.04. The quantitative estimate of drug-likeness (QED) is 0.402. The molecular formula is C15H22O3. The lowest BCUT2D eigenvalue weighted by Crippen LogP contribution is -1.99. The van der Waals surface area contributed by atoms with Crippen LogP contribution in [0.5, 0.6) is 5.75 Å². The summed E-state index contributed by atoms with van der Waals surface area (Å²) in [5, 5.41) is 0. The van der Waals surface area contributed by atoms with Gasteiger partial charge in [-0.1, -0.05) is 7.43 Å². The zero-order valence-corrected chi connectivity index (χ0v) is 10.1. The van der Waals surface area contributed by atoms with E-state index in [9.17, 15) is 9.59 Å². The Kier molecular flexibility index (Phi) is 8.54. The molecule has 0 aliphatic carbocycles. The Balaban J connectivity index is 0.00000289. The molecule has 0 saturated heterocycles. The van der Waals surface area contributed by atoms with E-state index in [1.165, 1.54) is 0 Å². The number of aldehydes is 1. The van der Waals surface area contributed by atoms with E-state index in [0.717, 1.165) is 24.9 Å². The van der Waals surface area contributed by atoms with Crippen molar-refractivity contribution in [3.05, 3.63) is 29.8 Å². The van der Waals surface area contributed by atoms with Crippen molar-refractivity contribution in [3.8, 4) is 5.75 Å². The Labute approximate surface area is 109 Å². The minimum atomic E-state index is 0. The van der Waals surface area contributed by atoms with Crippen LogP contribution in [0, 0.1) is 0 Å². The van der Waals surface area contributed by atoms with E-state index in [0.29, 0.717) is 25.0 Å². The third kappa shape index (κ3) is 5.62. The van der Waals surface area contributed by atoms with Crippen molar-refractivity contribution in [1.29, 1.82) is 0 Å². The summed E-state index contributed by atoms with van der Waals surface area (Å²) in [5.41, 5.74) is 0.708. The maximum Gasteiger partial charge on any atom is 0.162 e. The largest absolute Gasteiger partial charge is 0.494 e. The molecule has 3 nitrogen and oxygen atoms in total. The molecule has 0 aliphatic heterocycles. The average Bonchev–Trinajstić information content (AvgIpc) is 2.36. The minimum absolute atomic E-state index is 0. The zero-order valence-electron chi connectivity index (χ0n) is 10.1. The summed E-state index contributed by atoms with van der Waals surface area (Å²) in [4.78, 5) is 21.9. The van der Waals surface area contributed by atoms with Crippen LogP contribution in [0.15, 0.2) is 24.3 Å². The van der Waals surface area contributed by atoms with Crippen LogP contribution in [0.4, 0.5) is 0 Å². The summed E-state index contributed by atoms with van der Waals surface area (Å²) in [6.45, 7) is 2.55. The summed E-state index contributed by atoms with van der Waals surface area (Å²) in [7, 11) is 0. The Morgan fingerprint density at radius 3 is 2.44 bits per heavy atom. The molecule has 0 N–H and O–H groups in total. The lowest BCUT2D eigenvalue weighted by molar-refractivity contribution is -0.107. The highest BCUT2D eigenvalue weighted by Gasteiger charge is 2.05. The fraction of sp³-hybridized carbons (Fsp3) is 0.467. The number of carbonyl (C=O) groups excluding carboxylic acids is 2. The first-order valence-corrected chi connectivity index (χ1v) is 5.97. The molecule has 1 aromatic carbocycles. The summed E-state index contributed by atoms with van der Waals surface area (Å²) in [6.07, 6.45) is 3.48. The van der Waals surface area contributed by atoms with E-state index in [4.69, 9.17) is 4.74 Å². The molecule has 0 aromatic heterocycles. The third-order valence-corrected chi connectivity index (χ3v) is 2.46. The van der Waals surface area contributed by atoms with Gasteiger partial charge in [-0.3, -0.25) is 4.79 Å². The van der Waals surface area contributed by atoms with Crippen molar-refractivity contribution in [3.63, 3.8) is 0 Å². The number of Topliss-reactive ketones (excluding diaryl/α,β-unsaturated/α-hetero) is 1. The van der Waals surface area contributed by atoms with Gasteiger partial charge >= 0.3 is 0 Å². The van der Waals surface area contributed by atoms with Gasteiger partial charge in [0.1, 0.15) is 12.0 Å². The molecule has 0 amide bonds. The Hall–Kier alpha value is -1.64. The first-order chi connectivity index (χ1) is 8.27. The van der Waals surface area contributed by atoms with Crippen LogP contribution in [-0.2, 0) is 4.79 Å². The van der Waals surface area contributed by atoms with Crippen molar-refractivity contribution in [2.45, 2.75) is 40.0 Å². The van der Waals surface area contributed by atoms with Gasteiger partial charge in [0.25, 0.3) is 0 Å². The molecule has 0 atom stereocenters. The van der Waals surface area contributed by atoms with E-state index in [1.807, 2.05) is 19.1 Å². The van der Waals surface area contributed by atoms with Crippen LogP contribution in [-0.4, -0.2) is 18.7 Å². The van der Waals surface area contributed by atoms with Crippen LogP contribution < -0.4 is 4.74 Å². The van der Waals surface area contributed by atoms with Crippen molar-refractivity contribution < 1.29 is 14.3 Å². The highest BCUT2D eigenvalue weighted by atomic mass is 16.5. The van der Waals surface area contributed by atoms with Gasteiger partial charge in [0.2, 0.25) is 0 Å². The topological polar surface area (TPSA) is 43.4 Å². The molecular weight excluding hydrogens is 228 g/mol. The van der Waals surface area contributed by atoms with Crippen molar-refractivity contribution in [2.24, 2.45) is 0 Å². The fourth-order valence-corrected chi connectivity index (χ4v) is 1.56. The van der Waals surface area contributed by atoms with E-state index in [2.05, 4.69) is 0 Å². The second-order valence-electron chi connectivity index (χ2n) is 3.79. The maximum atomic E-state index is 11.7. The van der Waals surface area contributed by atoms with E-state index in [-0.39, 0.29) is 13.2 Å². The van der Waals surface area contributed by atoms with E-state index < -0.39 is 0 Å². The van der Waals surface area contributed by atoms with Crippen molar-refractivity contribution >= 4 is 12.1 Å². The van der Waals surface area contributed by atoms with Gasteiger partial charge in [-0.15, -0.1) is 0 Å². The molecule has 100 valence electrons. The molecule has 1 aromatic rings. The maximum absolute atomic E-state index is 11.7. The molecule has 18 heavy (non-hydrogen) atoms. The first kappa shape index (κ1) is 16.4. The third-order valence-electron chi connectivity index (χ3n) is 2.46. The van der Waals surface area contributed by atoms with E-state index in [1.54, 1.807) is 12.1 Å². The van der Waals surface area contributed by atoms with Gasteiger partial charge < -0.3 is 9.53 Å². The number of ketones is 1. The number of rotatable bonds is 8. The van der Waals surface area contributed by atoms with Crippen LogP contribution in [0.1, 0.15) is 50.4 Å². The van der Waals surface area contributed by atoms with Gasteiger partial charge in [0, 0.05) is 18.4 Å². The normalized spacial score (nSPS) is 9.39. The van der Waals surface area contributed by atoms with Gasteiger partial charge in [-0.25, -0.2) is 0 Å². The molecule has 0 saturated carbocycles. The van der Waals surface area contributed by atoms with Gasteiger partial charge in [-0.2, -0.15) is 0 Å². The average molecular weight is 250 g/mol. The molecule has 0 fully saturated rings. The lowest BCUT2D eigenvalue weighted by atomic mass is 10.0. The number of hydrogen-bond donors (Lipinski definition) is 0. The number of ether oxygens (including phenoxy) is 1. The Morgan fingerprint density at radius 2 is 1.89 bits per heavy atom. The van der Waals surface area contributed by atoms with Crippen molar-refractivity contribution in [1.82, 2.24) is 0 Å². The smallest absolute Gasteiger partial charge is 0.162 e. The molecule has 0 radical (unpaired) electrons. The standard InChI is InChI=1S/C14H18O3.CH4/c1-2-17-13-9-7-12(8-10-13)14(16)6-4-3-5-11-15;/h7-11H,2-6H2,1H3;1H4. The molecule has 0 bridgehead atoms. The molecule has 1 rings (SSSR count). The number of carbonyl (C=O) groups is 2. The van der Waals surface area contributed by atoms with Crippen LogP contribution >= 0.6 is 0 Å². The van der Waals surface area contributed by atoms with Crippen LogP contribution in [0.25, 0.3) is 0 Å². The number of unbranched alkanes of at least 4 members (excludes halogenated alkanes) is 2. The summed E-state index contributed by atoms with van der Waals surface area (Å²) in [5.74, 6) is 0.906. The SMILES string of the molecule is C.CCOc1ccc(C(=O)CCCCC=O)cc1. The molecule has 0 heterocycles. The predicted molar refractivity (Wildman–Crippen MR) is 73.2 cm³/mol. The minimum Gasteiger partial charge on any atom is -0.494 e. The summed E-state index contributed by atoms with van der Waals surface area (Å²) >= 11 is 0. The van der Waals surface area contributed by atoms with Gasteiger partial charge in [-0.05, 0) is 44.0 Å². The van der Waals surface area contributed by atoms with Crippen molar-refractivity contribution in [2.75, 3.05) is 6.61 Å². The first-order valence-electron chi connectivity index (χ1n) is 5.97. The molecule has 0 unspecified atom stereocenters. The Morgan fingerprint density at radius 1 is 1.22 bits per heavy atom. The molecule has 0 aliphatic rings. The second-order valence-corrected chi connectivity index (χ2v) is 3.79. The van der Waals surface area contributed by atoms with Crippen LogP contribution in [0.3, 0.4) is 0 Å².